The van der Waals surface area contributed by atoms with Crippen LogP contribution in [0.1, 0.15) is 0 Å². The molecule has 1 aromatic heterocycles. The molecule has 0 amide bonds. The lowest BCUT2D eigenvalue weighted by molar-refractivity contribution is 0.669. The maximum absolute atomic E-state index is 6.37. The van der Waals surface area contributed by atoms with Gasteiger partial charge in [0.05, 0.1) is 0 Å². The molecular formula is C50H32O. The molecule has 0 unspecified atom stereocenters. The van der Waals surface area contributed by atoms with Crippen molar-refractivity contribution in [1.29, 1.82) is 0 Å². The zero-order valence-electron chi connectivity index (χ0n) is 27.9. The van der Waals surface area contributed by atoms with Crippen LogP contribution in [0.5, 0.6) is 0 Å². The predicted octanol–water partition coefficient (Wildman–Crippen LogP) is 14.2. The number of fused-ring (bicyclic) bond motifs is 5. The molecule has 0 saturated carbocycles. The summed E-state index contributed by atoms with van der Waals surface area (Å²) in [5.74, 6) is 0. The molecule has 1 heteroatoms. The molecule has 0 N–H and O–H groups in total. The molecule has 1 heterocycles. The van der Waals surface area contributed by atoms with Crippen molar-refractivity contribution in [1.82, 2.24) is 0 Å². The molecule has 0 aliphatic rings. The van der Waals surface area contributed by atoms with Gasteiger partial charge in [0.15, 0.2) is 0 Å². The maximum Gasteiger partial charge on any atom is 0.136 e. The highest BCUT2D eigenvalue weighted by molar-refractivity contribution is 6.12. The molecular weight excluding hydrogens is 617 g/mol. The molecule has 0 radical (unpaired) electrons. The molecule has 1 nitrogen and oxygen atoms in total. The first kappa shape index (κ1) is 29.2. The fourth-order valence-corrected chi connectivity index (χ4v) is 7.68. The van der Waals surface area contributed by atoms with Gasteiger partial charge in [0.1, 0.15) is 11.2 Å². The van der Waals surface area contributed by atoms with Gasteiger partial charge in [0, 0.05) is 10.8 Å². The SMILES string of the molecule is c1ccc(-c2ccc(-c3cc(-c4ccc5c(-c6ccccc6)cccc5c4)cc(-c4cccc5cc6c(cc45)oc4ccccc46)c3)cc2)cc1. The van der Waals surface area contributed by atoms with Gasteiger partial charge in [-0.25, -0.2) is 0 Å². The molecule has 238 valence electrons. The minimum absolute atomic E-state index is 0.910. The van der Waals surface area contributed by atoms with E-state index in [2.05, 4.69) is 182 Å². The Morgan fingerprint density at radius 1 is 0.235 bits per heavy atom. The number of para-hydroxylation sites is 1. The summed E-state index contributed by atoms with van der Waals surface area (Å²) in [5.41, 5.74) is 13.8. The molecule has 0 aliphatic carbocycles. The normalized spacial score (nSPS) is 11.5. The van der Waals surface area contributed by atoms with Crippen LogP contribution < -0.4 is 0 Å². The lowest BCUT2D eigenvalue weighted by atomic mass is 9.89. The van der Waals surface area contributed by atoms with Gasteiger partial charge in [0.2, 0.25) is 0 Å². The Morgan fingerprint density at radius 2 is 0.784 bits per heavy atom. The van der Waals surface area contributed by atoms with Crippen LogP contribution in [0.3, 0.4) is 0 Å². The second-order valence-corrected chi connectivity index (χ2v) is 13.3. The van der Waals surface area contributed by atoms with Gasteiger partial charge in [0.25, 0.3) is 0 Å². The van der Waals surface area contributed by atoms with Crippen LogP contribution in [-0.2, 0) is 0 Å². The van der Waals surface area contributed by atoms with Crippen LogP contribution in [0.4, 0.5) is 0 Å². The van der Waals surface area contributed by atoms with Crippen molar-refractivity contribution in [2.45, 2.75) is 0 Å². The van der Waals surface area contributed by atoms with E-state index in [1.54, 1.807) is 0 Å². The number of hydrogen-bond donors (Lipinski definition) is 0. The van der Waals surface area contributed by atoms with Gasteiger partial charge in [-0.2, -0.15) is 0 Å². The van der Waals surface area contributed by atoms with E-state index in [0.29, 0.717) is 0 Å². The second-order valence-electron chi connectivity index (χ2n) is 13.3. The molecule has 51 heavy (non-hydrogen) atoms. The number of benzene rings is 9. The Labute approximate surface area is 296 Å². The third-order valence-electron chi connectivity index (χ3n) is 10.2. The second kappa shape index (κ2) is 12.0. The average Bonchev–Trinajstić information content (AvgIpc) is 3.57. The fourth-order valence-electron chi connectivity index (χ4n) is 7.68. The lowest BCUT2D eigenvalue weighted by Gasteiger charge is -2.15. The van der Waals surface area contributed by atoms with E-state index in [-0.39, 0.29) is 0 Å². The lowest BCUT2D eigenvalue weighted by Crippen LogP contribution is -1.89. The van der Waals surface area contributed by atoms with Gasteiger partial charge < -0.3 is 4.42 Å². The van der Waals surface area contributed by atoms with E-state index in [4.69, 9.17) is 4.42 Å². The first-order chi connectivity index (χ1) is 25.2. The van der Waals surface area contributed by atoms with E-state index in [1.807, 2.05) is 12.1 Å². The Bertz CT molecular complexity index is 2880. The summed E-state index contributed by atoms with van der Waals surface area (Å²) in [6, 6.07) is 70.1. The third-order valence-corrected chi connectivity index (χ3v) is 10.2. The van der Waals surface area contributed by atoms with Gasteiger partial charge in [-0.1, -0.05) is 152 Å². The molecule has 10 rings (SSSR count). The largest absolute Gasteiger partial charge is 0.456 e. The van der Waals surface area contributed by atoms with Crippen molar-refractivity contribution in [3.8, 4) is 55.6 Å². The molecule has 0 aliphatic heterocycles. The standard InChI is InChI=1S/C50H32O/c1-3-11-33(12-4-1)34-21-23-35(24-22-34)40-28-41(37-25-26-45-38(27-37)15-9-18-43(45)36-13-5-2-6-14-36)30-42(29-40)44-19-10-16-39-31-48-46-17-7-8-20-49(46)51-50(48)32-47(39)44/h1-32H. The maximum atomic E-state index is 6.37. The van der Waals surface area contributed by atoms with Crippen LogP contribution in [0.2, 0.25) is 0 Å². The van der Waals surface area contributed by atoms with Gasteiger partial charge in [-0.15, -0.1) is 0 Å². The molecule has 9 aromatic carbocycles. The number of furan rings is 1. The van der Waals surface area contributed by atoms with E-state index < -0.39 is 0 Å². The summed E-state index contributed by atoms with van der Waals surface area (Å²) in [5, 5.41) is 7.15. The summed E-state index contributed by atoms with van der Waals surface area (Å²) in [4.78, 5) is 0. The molecule has 0 spiro atoms. The topological polar surface area (TPSA) is 13.1 Å². The summed E-state index contributed by atoms with van der Waals surface area (Å²) in [6.45, 7) is 0. The highest BCUT2D eigenvalue weighted by atomic mass is 16.3. The first-order valence-corrected chi connectivity index (χ1v) is 17.5. The summed E-state index contributed by atoms with van der Waals surface area (Å²) in [7, 11) is 0. The van der Waals surface area contributed by atoms with Gasteiger partial charge in [-0.3, -0.25) is 0 Å². The fraction of sp³-hybridized carbons (Fsp3) is 0. The predicted molar refractivity (Wildman–Crippen MR) is 216 cm³/mol. The Morgan fingerprint density at radius 3 is 1.53 bits per heavy atom. The van der Waals surface area contributed by atoms with Crippen LogP contribution in [-0.4, -0.2) is 0 Å². The van der Waals surface area contributed by atoms with Crippen molar-refractivity contribution >= 4 is 43.5 Å². The quantitative estimate of drug-likeness (QED) is 0.181. The minimum atomic E-state index is 0.910. The van der Waals surface area contributed by atoms with Crippen molar-refractivity contribution in [3.63, 3.8) is 0 Å². The van der Waals surface area contributed by atoms with Crippen molar-refractivity contribution in [2.24, 2.45) is 0 Å². The Kier molecular flexibility index (Phi) is 6.89. The highest BCUT2D eigenvalue weighted by Gasteiger charge is 2.14. The molecule has 0 saturated heterocycles. The number of rotatable bonds is 5. The van der Waals surface area contributed by atoms with E-state index >= 15 is 0 Å². The van der Waals surface area contributed by atoms with Crippen LogP contribution >= 0.6 is 0 Å². The van der Waals surface area contributed by atoms with Gasteiger partial charge in [-0.05, 0) is 120 Å². The Balaban J connectivity index is 1.16. The summed E-state index contributed by atoms with van der Waals surface area (Å²) < 4.78 is 6.37. The zero-order valence-corrected chi connectivity index (χ0v) is 27.9. The third kappa shape index (κ3) is 5.19. The number of hydrogen-bond acceptors (Lipinski definition) is 1. The molecule has 0 fully saturated rings. The van der Waals surface area contributed by atoms with Crippen LogP contribution in [0.15, 0.2) is 199 Å². The molecule has 0 atom stereocenters. The smallest absolute Gasteiger partial charge is 0.136 e. The van der Waals surface area contributed by atoms with Gasteiger partial charge >= 0.3 is 0 Å². The monoisotopic (exact) mass is 648 g/mol. The highest BCUT2D eigenvalue weighted by Crippen LogP contribution is 2.40. The van der Waals surface area contributed by atoms with Crippen LogP contribution in [0.25, 0.3) is 99.1 Å². The first-order valence-electron chi connectivity index (χ1n) is 17.5. The summed E-state index contributed by atoms with van der Waals surface area (Å²) >= 11 is 0. The molecule has 0 bridgehead atoms. The van der Waals surface area contributed by atoms with Crippen molar-refractivity contribution in [3.05, 3.63) is 194 Å². The van der Waals surface area contributed by atoms with E-state index in [0.717, 1.165) is 21.9 Å². The van der Waals surface area contributed by atoms with E-state index in [9.17, 15) is 0 Å². The minimum Gasteiger partial charge on any atom is -0.456 e. The van der Waals surface area contributed by atoms with Crippen LogP contribution in [0, 0.1) is 0 Å². The van der Waals surface area contributed by atoms with Crippen molar-refractivity contribution in [2.75, 3.05) is 0 Å². The van der Waals surface area contributed by atoms with E-state index in [1.165, 1.54) is 77.2 Å². The average molecular weight is 649 g/mol. The molecule has 10 aromatic rings. The Hall–Kier alpha value is -6.70. The van der Waals surface area contributed by atoms with Crippen molar-refractivity contribution < 1.29 is 4.42 Å². The summed E-state index contributed by atoms with van der Waals surface area (Å²) in [6.07, 6.45) is 0. The zero-order chi connectivity index (χ0) is 33.7.